The third-order valence-electron chi connectivity index (χ3n) is 1.93. The van der Waals surface area contributed by atoms with Crippen LogP contribution in [0.1, 0.15) is 24.2 Å². The molecular weight excluding hydrogens is 204 g/mol. The van der Waals surface area contributed by atoms with Crippen molar-refractivity contribution < 1.29 is 14.3 Å². The molecule has 0 bridgehead atoms. The van der Waals surface area contributed by atoms with Crippen molar-refractivity contribution in [3.8, 4) is 18.1 Å². The van der Waals surface area contributed by atoms with Gasteiger partial charge in [-0.2, -0.15) is 0 Å². The number of benzene rings is 1. The van der Waals surface area contributed by atoms with Crippen LogP contribution in [0.2, 0.25) is 0 Å². The molecule has 0 fully saturated rings. The van der Waals surface area contributed by atoms with E-state index in [-0.39, 0.29) is 0 Å². The molecule has 0 heterocycles. The van der Waals surface area contributed by atoms with Crippen LogP contribution in [0.3, 0.4) is 0 Å². The molecule has 16 heavy (non-hydrogen) atoms. The van der Waals surface area contributed by atoms with Gasteiger partial charge in [-0.15, -0.1) is 6.42 Å². The normalized spacial score (nSPS) is 11.3. The van der Waals surface area contributed by atoms with Crippen molar-refractivity contribution in [2.75, 3.05) is 6.61 Å². The number of carbonyl (C=O) groups excluding carboxylic acids is 1. The Morgan fingerprint density at radius 1 is 1.50 bits per heavy atom. The zero-order valence-corrected chi connectivity index (χ0v) is 9.40. The van der Waals surface area contributed by atoms with Gasteiger partial charge in [0, 0.05) is 0 Å². The standard InChI is InChI=1S/C13H14O3/c1-4-10(3)16-13(14)11-8-6-7-9-12(11)15-5-2/h1,6-10H,5H2,2-3H3/t10-/m1/s1. The van der Waals surface area contributed by atoms with E-state index in [0.717, 1.165) is 0 Å². The first-order valence-electron chi connectivity index (χ1n) is 5.08. The second kappa shape index (κ2) is 5.82. The molecule has 0 saturated carbocycles. The maximum absolute atomic E-state index is 11.7. The minimum atomic E-state index is -0.540. The average Bonchev–Trinajstić information content (AvgIpc) is 2.30. The lowest BCUT2D eigenvalue weighted by Gasteiger charge is -2.11. The minimum Gasteiger partial charge on any atom is -0.493 e. The Bertz CT molecular complexity index is 404. The SMILES string of the molecule is C#C[C@@H](C)OC(=O)c1ccccc1OCC. The summed E-state index contributed by atoms with van der Waals surface area (Å²) in [7, 11) is 0. The Morgan fingerprint density at radius 3 is 2.81 bits per heavy atom. The van der Waals surface area contributed by atoms with E-state index in [1.165, 1.54) is 0 Å². The molecule has 0 aliphatic carbocycles. The highest BCUT2D eigenvalue weighted by molar-refractivity contribution is 5.92. The molecule has 0 aliphatic heterocycles. The lowest BCUT2D eigenvalue weighted by Crippen LogP contribution is -2.14. The molecular formula is C13H14O3. The molecule has 1 rings (SSSR count). The maximum Gasteiger partial charge on any atom is 0.343 e. The van der Waals surface area contributed by atoms with Crippen molar-refractivity contribution in [1.82, 2.24) is 0 Å². The molecule has 0 aromatic heterocycles. The predicted molar refractivity (Wildman–Crippen MR) is 61.3 cm³/mol. The van der Waals surface area contributed by atoms with Crippen molar-refractivity contribution in [1.29, 1.82) is 0 Å². The summed E-state index contributed by atoms with van der Waals surface area (Å²) < 4.78 is 10.3. The van der Waals surface area contributed by atoms with Crippen LogP contribution in [0.25, 0.3) is 0 Å². The first-order valence-corrected chi connectivity index (χ1v) is 5.08. The minimum absolute atomic E-state index is 0.395. The van der Waals surface area contributed by atoms with Crippen molar-refractivity contribution >= 4 is 5.97 Å². The van der Waals surface area contributed by atoms with Crippen LogP contribution < -0.4 is 4.74 Å². The van der Waals surface area contributed by atoms with Crippen molar-refractivity contribution in [3.63, 3.8) is 0 Å². The van der Waals surface area contributed by atoms with Crippen LogP contribution >= 0.6 is 0 Å². The molecule has 1 aromatic carbocycles. The number of esters is 1. The van der Waals surface area contributed by atoms with Crippen molar-refractivity contribution in [2.45, 2.75) is 20.0 Å². The monoisotopic (exact) mass is 218 g/mol. The Balaban J connectivity index is 2.86. The topological polar surface area (TPSA) is 35.5 Å². The number of ether oxygens (including phenoxy) is 2. The number of hydrogen-bond acceptors (Lipinski definition) is 3. The Hall–Kier alpha value is -1.95. The predicted octanol–water partition coefficient (Wildman–Crippen LogP) is 2.26. The molecule has 1 aromatic rings. The molecule has 3 nitrogen and oxygen atoms in total. The summed E-state index contributed by atoms with van der Waals surface area (Å²) >= 11 is 0. The fourth-order valence-electron chi connectivity index (χ4n) is 1.17. The van der Waals surface area contributed by atoms with E-state index < -0.39 is 12.1 Å². The van der Waals surface area contributed by atoms with Gasteiger partial charge in [0.2, 0.25) is 0 Å². The fourth-order valence-corrected chi connectivity index (χ4v) is 1.17. The second-order valence-electron chi connectivity index (χ2n) is 3.14. The van der Waals surface area contributed by atoms with Gasteiger partial charge in [-0.1, -0.05) is 18.1 Å². The van der Waals surface area contributed by atoms with Crippen molar-refractivity contribution in [3.05, 3.63) is 29.8 Å². The van der Waals surface area contributed by atoms with Crippen LogP contribution in [-0.4, -0.2) is 18.7 Å². The number of carbonyl (C=O) groups is 1. The molecule has 1 atom stereocenters. The van der Waals surface area contributed by atoms with Gasteiger partial charge >= 0.3 is 5.97 Å². The third kappa shape index (κ3) is 3.03. The van der Waals surface area contributed by atoms with Crippen LogP contribution in [0.4, 0.5) is 0 Å². The quantitative estimate of drug-likeness (QED) is 0.574. The summed E-state index contributed by atoms with van der Waals surface area (Å²) in [6.45, 7) is 3.99. The number of para-hydroxylation sites is 1. The average molecular weight is 218 g/mol. The van der Waals surface area contributed by atoms with Gasteiger partial charge in [0.15, 0.2) is 6.10 Å². The molecule has 0 spiro atoms. The molecule has 0 aliphatic rings. The summed E-state index contributed by atoms with van der Waals surface area (Å²) in [4.78, 5) is 11.7. The van der Waals surface area contributed by atoms with Gasteiger partial charge in [-0.3, -0.25) is 0 Å². The molecule has 3 heteroatoms. The largest absolute Gasteiger partial charge is 0.493 e. The fraction of sp³-hybridized carbons (Fsp3) is 0.308. The van der Waals surface area contributed by atoms with E-state index >= 15 is 0 Å². The number of rotatable bonds is 4. The van der Waals surface area contributed by atoms with E-state index in [1.54, 1.807) is 31.2 Å². The zero-order chi connectivity index (χ0) is 12.0. The van der Waals surface area contributed by atoms with Gasteiger partial charge in [-0.05, 0) is 26.0 Å². The van der Waals surface area contributed by atoms with E-state index in [2.05, 4.69) is 5.92 Å². The van der Waals surface area contributed by atoms with E-state index in [9.17, 15) is 4.79 Å². The first kappa shape index (κ1) is 12.1. The zero-order valence-electron chi connectivity index (χ0n) is 9.40. The van der Waals surface area contributed by atoms with Crippen LogP contribution in [0.15, 0.2) is 24.3 Å². The number of hydrogen-bond donors (Lipinski definition) is 0. The summed E-state index contributed by atoms with van der Waals surface area (Å²) in [6.07, 6.45) is 4.60. The Kier molecular flexibility index (Phi) is 4.41. The maximum atomic E-state index is 11.7. The Labute approximate surface area is 95.4 Å². The van der Waals surface area contributed by atoms with E-state index in [4.69, 9.17) is 15.9 Å². The van der Waals surface area contributed by atoms with E-state index in [0.29, 0.717) is 17.9 Å². The highest BCUT2D eigenvalue weighted by Gasteiger charge is 2.14. The molecule has 0 saturated heterocycles. The van der Waals surface area contributed by atoms with Gasteiger partial charge in [0.25, 0.3) is 0 Å². The smallest absolute Gasteiger partial charge is 0.343 e. The number of terminal acetylenes is 1. The molecule has 0 amide bonds. The van der Waals surface area contributed by atoms with Gasteiger partial charge in [0.05, 0.1) is 6.61 Å². The van der Waals surface area contributed by atoms with Gasteiger partial charge in [0.1, 0.15) is 11.3 Å². The third-order valence-corrected chi connectivity index (χ3v) is 1.93. The molecule has 0 N–H and O–H groups in total. The van der Waals surface area contributed by atoms with Crippen LogP contribution in [0.5, 0.6) is 5.75 Å². The summed E-state index contributed by atoms with van der Waals surface area (Å²) in [5.74, 6) is 2.38. The molecule has 0 unspecified atom stereocenters. The molecule has 84 valence electrons. The second-order valence-corrected chi connectivity index (χ2v) is 3.14. The van der Waals surface area contributed by atoms with E-state index in [1.807, 2.05) is 6.92 Å². The van der Waals surface area contributed by atoms with Crippen molar-refractivity contribution in [2.24, 2.45) is 0 Å². The van der Waals surface area contributed by atoms with Gasteiger partial charge in [-0.25, -0.2) is 4.79 Å². The highest BCUT2D eigenvalue weighted by Crippen LogP contribution is 2.19. The lowest BCUT2D eigenvalue weighted by atomic mass is 10.2. The van der Waals surface area contributed by atoms with Crippen LogP contribution in [0, 0.1) is 12.3 Å². The first-order chi connectivity index (χ1) is 7.69. The summed E-state index contributed by atoms with van der Waals surface area (Å²) in [6, 6.07) is 6.92. The summed E-state index contributed by atoms with van der Waals surface area (Å²) in [5, 5.41) is 0. The van der Waals surface area contributed by atoms with Crippen LogP contribution in [-0.2, 0) is 4.74 Å². The Morgan fingerprint density at radius 2 is 2.19 bits per heavy atom. The summed E-state index contributed by atoms with van der Waals surface area (Å²) in [5.41, 5.74) is 0.395. The van der Waals surface area contributed by atoms with Gasteiger partial charge < -0.3 is 9.47 Å². The lowest BCUT2D eigenvalue weighted by molar-refractivity contribution is 0.0434. The molecule has 0 radical (unpaired) electrons. The highest BCUT2D eigenvalue weighted by atomic mass is 16.5.